The molecule has 2 aromatic carbocycles. The Morgan fingerprint density at radius 2 is 1.67 bits per heavy atom. The Balaban J connectivity index is 2.62. The van der Waals surface area contributed by atoms with Crippen LogP contribution in [-0.4, -0.2) is 0 Å². The molecule has 0 saturated carbocycles. The number of hydrogen-bond donors (Lipinski definition) is 0. The molecular weight excluding hydrogens is 223 g/mol. The molecule has 0 aliphatic carbocycles. The second-order valence-corrected chi connectivity index (χ2v) is 4.74. The zero-order valence-corrected chi connectivity index (χ0v) is 11.0. The predicted molar refractivity (Wildman–Crippen MR) is 76.0 cm³/mol. The molecule has 0 unspecified atom stereocenters. The summed E-state index contributed by atoms with van der Waals surface area (Å²) in [5.74, 6) is -0.187. The minimum Gasteiger partial charge on any atom is -0.206 e. The molecule has 0 fully saturated rings. The highest BCUT2D eigenvalue weighted by atomic mass is 19.1. The molecule has 0 radical (unpaired) electrons. The van der Waals surface area contributed by atoms with E-state index in [1.165, 1.54) is 0 Å². The number of halogens is 1. The molecule has 0 atom stereocenters. The Labute approximate surface area is 108 Å². The van der Waals surface area contributed by atoms with E-state index in [0.29, 0.717) is 5.56 Å². The van der Waals surface area contributed by atoms with Crippen LogP contribution in [0.3, 0.4) is 0 Å². The van der Waals surface area contributed by atoms with Crippen molar-refractivity contribution in [2.75, 3.05) is 0 Å². The molecule has 0 aliphatic heterocycles. The van der Waals surface area contributed by atoms with Crippen molar-refractivity contribution in [2.45, 2.75) is 20.8 Å². The molecule has 0 nitrogen and oxygen atoms in total. The third kappa shape index (κ3) is 2.21. The highest BCUT2D eigenvalue weighted by molar-refractivity contribution is 5.73. The van der Waals surface area contributed by atoms with Crippen molar-refractivity contribution < 1.29 is 4.39 Å². The van der Waals surface area contributed by atoms with E-state index in [4.69, 9.17) is 0 Å². The van der Waals surface area contributed by atoms with E-state index in [-0.39, 0.29) is 5.82 Å². The summed E-state index contributed by atoms with van der Waals surface area (Å²) < 4.78 is 14.2. The molecule has 92 valence electrons. The summed E-state index contributed by atoms with van der Waals surface area (Å²) in [6, 6.07) is 11.3. The summed E-state index contributed by atoms with van der Waals surface area (Å²) in [5, 5.41) is 0. The van der Waals surface area contributed by atoms with Gasteiger partial charge in [-0.2, -0.15) is 0 Å². The number of hydrogen-bond acceptors (Lipinski definition) is 0. The monoisotopic (exact) mass is 240 g/mol. The lowest BCUT2D eigenvalue weighted by molar-refractivity contribution is 0.630. The third-order valence-corrected chi connectivity index (χ3v) is 3.21. The van der Waals surface area contributed by atoms with Crippen LogP contribution in [0.4, 0.5) is 4.39 Å². The van der Waals surface area contributed by atoms with Gasteiger partial charge in [0, 0.05) is 5.56 Å². The van der Waals surface area contributed by atoms with E-state index >= 15 is 0 Å². The van der Waals surface area contributed by atoms with Crippen LogP contribution >= 0.6 is 0 Å². The van der Waals surface area contributed by atoms with Gasteiger partial charge in [0.2, 0.25) is 0 Å². The van der Waals surface area contributed by atoms with E-state index in [1.54, 1.807) is 6.07 Å². The molecule has 0 heterocycles. The van der Waals surface area contributed by atoms with Gasteiger partial charge < -0.3 is 0 Å². The van der Waals surface area contributed by atoms with Crippen LogP contribution in [0.2, 0.25) is 0 Å². The topological polar surface area (TPSA) is 0 Å². The van der Waals surface area contributed by atoms with Crippen LogP contribution in [0.15, 0.2) is 43.0 Å². The summed E-state index contributed by atoms with van der Waals surface area (Å²) in [6.07, 6.45) is 0. The number of aryl methyl sites for hydroxylation is 2. The lowest BCUT2D eigenvalue weighted by Gasteiger charge is -2.12. The lowest BCUT2D eigenvalue weighted by Crippen LogP contribution is -1.92. The van der Waals surface area contributed by atoms with Crippen molar-refractivity contribution >= 4 is 5.57 Å². The van der Waals surface area contributed by atoms with E-state index in [9.17, 15) is 4.39 Å². The van der Waals surface area contributed by atoms with E-state index in [2.05, 4.69) is 6.58 Å². The van der Waals surface area contributed by atoms with Crippen molar-refractivity contribution in [3.8, 4) is 11.1 Å². The van der Waals surface area contributed by atoms with Crippen LogP contribution in [-0.2, 0) is 0 Å². The molecule has 0 N–H and O–H groups in total. The molecule has 0 saturated heterocycles. The first kappa shape index (κ1) is 12.6. The number of allylic oxidation sites excluding steroid dienone is 1. The van der Waals surface area contributed by atoms with Crippen LogP contribution in [0, 0.1) is 19.7 Å². The van der Waals surface area contributed by atoms with Crippen LogP contribution in [0.1, 0.15) is 23.6 Å². The van der Waals surface area contributed by atoms with Gasteiger partial charge in [0.1, 0.15) is 5.82 Å². The fraction of sp³-hybridized carbons (Fsp3) is 0.176. The maximum absolute atomic E-state index is 14.2. The summed E-state index contributed by atoms with van der Waals surface area (Å²) in [7, 11) is 0. The van der Waals surface area contributed by atoms with Gasteiger partial charge in [-0.3, -0.25) is 0 Å². The molecule has 0 bridgehead atoms. The van der Waals surface area contributed by atoms with Gasteiger partial charge in [-0.05, 0) is 49.1 Å². The first-order valence-corrected chi connectivity index (χ1v) is 6.02. The van der Waals surface area contributed by atoms with Gasteiger partial charge in [0.25, 0.3) is 0 Å². The molecule has 0 amide bonds. The van der Waals surface area contributed by atoms with Gasteiger partial charge in [0.05, 0.1) is 0 Å². The van der Waals surface area contributed by atoms with Gasteiger partial charge in [-0.25, -0.2) is 4.39 Å². The largest absolute Gasteiger partial charge is 0.206 e. The minimum absolute atomic E-state index is 0.187. The summed E-state index contributed by atoms with van der Waals surface area (Å²) in [6.45, 7) is 9.74. The third-order valence-electron chi connectivity index (χ3n) is 3.21. The van der Waals surface area contributed by atoms with E-state index in [0.717, 1.165) is 27.8 Å². The molecule has 0 aromatic heterocycles. The minimum atomic E-state index is -0.187. The van der Waals surface area contributed by atoms with E-state index in [1.807, 2.05) is 51.1 Å². The summed E-state index contributed by atoms with van der Waals surface area (Å²) >= 11 is 0. The average molecular weight is 240 g/mol. The van der Waals surface area contributed by atoms with Crippen molar-refractivity contribution in [3.63, 3.8) is 0 Å². The highest BCUT2D eigenvalue weighted by Gasteiger charge is 2.10. The van der Waals surface area contributed by atoms with E-state index < -0.39 is 0 Å². The normalized spacial score (nSPS) is 10.4. The smallest absolute Gasteiger partial charge is 0.131 e. The second-order valence-electron chi connectivity index (χ2n) is 4.74. The molecule has 2 aromatic rings. The highest BCUT2D eigenvalue weighted by Crippen LogP contribution is 2.30. The SMILES string of the molecule is C=C(C)c1ccc(-c2c(C)cccc2C)c(F)c1. The standard InChI is InChI=1S/C17H17F/c1-11(2)14-8-9-15(16(18)10-14)17-12(3)6-5-7-13(17)4/h5-10H,1H2,2-4H3. The Hall–Kier alpha value is -1.89. The van der Waals surface area contributed by atoms with Crippen molar-refractivity contribution in [1.82, 2.24) is 0 Å². The fourth-order valence-corrected chi connectivity index (χ4v) is 2.22. The lowest BCUT2D eigenvalue weighted by atomic mass is 9.94. The van der Waals surface area contributed by atoms with Crippen molar-refractivity contribution in [2.24, 2.45) is 0 Å². The fourth-order valence-electron chi connectivity index (χ4n) is 2.22. The molecule has 0 spiro atoms. The van der Waals surface area contributed by atoms with Gasteiger partial charge >= 0.3 is 0 Å². The van der Waals surface area contributed by atoms with Crippen LogP contribution < -0.4 is 0 Å². The Kier molecular flexibility index (Phi) is 3.33. The van der Waals surface area contributed by atoms with Gasteiger partial charge in [-0.1, -0.05) is 42.5 Å². The second kappa shape index (κ2) is 4.77. The van der Waals surface area contributed by atoms with Crippen molar-refractivity contribution in [3.05, 3.63) is 65.5 Å². The molecule has 0 aliphatic rings. The van der Waals surface area contributed by atoms with Gasteiger partial charge in [0.15, 0.2) is 0 Å². The zero-order valence-electron chi connectivity index (χ0n) is 11.0. The molecule has 1 heteroatoms. The number of benzene rings is 2. The maximum atomic E-state index is 14.2. The molecule has 18 heavy (non-hydrogen) atoms. The zero-order chi connectivity index (χ0) is 13.3. The maximum Gasteiger partial charge on any atom is 0.131 e. The predicted octanol–water partition coefficient (Wildman–Crippen LogP) is 5.14. The Morgan fingerprint density at radius 3 is 2.17 bits per heavy atom. The summed E-state index contributed by atoms with van der Waals surface area (Å²) in [5.41, 5.74) is 5.57. The van der Waals surface area contributed by atoms with Crippen LogP contribution in [0.25, 0.3) is 16.7 Å². The summed E-state index contributed by atoms with van der Waals surface area (Å²) in [4.78, 5) is 0. The molecular formula is C17H17F. The average Bonchev–Trinajstić information content (AvgIpc) is 2.30. The van der Waals surface area contributed by atoms with Crippen molar-refractivity contribution in [1.29, 1.82) is 0 Å². The Bertz CT molecular complexity index is 589. The first-order valence-electron chi connectivity index (χ1n) is 6.02. The number of rotatable bonds is 2. The quantitative estimate of drug-likeness (QED) is 0.681. The van der Waals surface area contributed by atoms with Gasteiger partial charge in [-0.15, -0.1) is 0 Å². The first-order chi connectivity index (χ1) is 8.50. The molecule has 2 rings (SSSR count). The Morgan fingerprint density at radius 1 is 1.06 bits per heavy atom. The van der Waals surface area contributed by atoms with Crippen LogP contribution in [0.5, 0.6) is 0 Å².